The van der Waals surface area contributed by atoms with E-state index in [-0.39, 0.29) is 12.3 Å². The summed E-state index contributed by atoms with van der Waals surface area (Å²) in [6, 6.07) is 24.9. The van der Waals surface area contributed by atoms with Gasteiger partial charge in [0.05, 0.1) is 6.04 Å². The summed E-state index contributed by atoms with van der Waals surface area (Å²) in [5.41, 5.74) is 4.14. The largest absolute Gasteiger partial charge is 0.480 e. The second-order valence-electron chi connectivity index (χ2n) is 7.51. The number of H-pyrrole nitrogens is 1. The zero-order chi connectivity index (χ0) is 20.7. The Morgan fingerprint density at radius 3 is 2.20 bits per heavy atom. The first-order valence-corrected chi connectivity index (χ1v) is 9.90. The molecule has 5 rings (SSSR count). The van der Waals surface area contributed by atoms with E-state index in [1.165, 1.54) is 4.90 Å². The molecule has 5 heteroatoms. The molecule has 2 atom stereocenters. The number of hydrogen-bond donors (Lipinski definition) is 2. The van der Waals surface area contributed by atoms with Gasteiger partial charge >= 0.3 is 5.97 Å². The third-order valence-electron chi connectivity index (χ3n) is 5.79. The van der Waals surface area contributed by atoms with Crippen molar-refractivity contribution in [1.82, 2.24) is 9.88 Å². The average Bonchev–Trinajstić information content (AvgIpc) is 3.17. The van der Waals surface area contributed by atoms with Crippen molar-refractivity contribution in [2.45, 2.75) is 18.5 Å². The number of carbonyl (C=O) groups excluding carboxylic acids is 1. The second-order valence-corrected chi connectivity index (χ2v) is 7.51. The number of carboxylic acid groups (broad SMARTS) is 1. The zero-order valence-electron chi connectivity index (χ0n) is 16.2. The van der Waals surface area contributed by atoms with Crippen LogP contribution >= 0.6 is 0 Å². The highest BCUT2D eigenvalue weighted by Gasteiger charge is 2.43. The van der Waals surface area contributed by atoms with E-state index in [1.54, 1.807) is 24.3 Å². The normalized spacial score (nSPS) is 18.2. The van der Waals surface area contributed by atoms with Crippen molar-refractivity contribution in [3.63, 3.8) is 0 Å². The molecular formula is C25H20N2O3. The van der Waals surface area contributed by atoms with Crippen molar-refractivity contribution in [3.05, 3.63) is 107 Å². The van der Waals surface area contributed by atoms with Gasteiger partial charge in [-0.3, -0.25) is 4.79 Å². The Bertz CT molecular complexity index is 1230. The molecule has 1 amide bonds. The lowest BCUT2D eigenvalue weighted by atomic mass is 9.87. The van der Waals surface area contributed by atoms with Gasteiger partial charge in [-0.25, -0.2) is 4.79 Å². The summed E-state index contributed by atoms with van der Waals surface area (Å²) in [5.74, 6) is -1.29. The van der Waals surface area contributed by atoms with Crippen LogP contribution in [0.3, 0.4) is 0 Å². The van der Waals surface area contributed by atoms with Crippen LogP contribution in [0.15, 0.2) is 84.9 Å². The number of amides is 1. The van der Waals surface area contributed by atoms with Crippen molar-refractivity contribution >= 4 is 22.8 Å². The molecule has 1 aromatic heterocycles. The van der Waals surface area contributed by atoms with Gasteiger partial charge in [0.2, 0.25) is 0 Å². The van der Waals surface area contributed by atoms with Crippen LogP contribution in [0.1, 0.15) is 33.2 Å². The number of carboxylic acids is 1. The van der Waals surface area contributed by atoms with Gasteiger partial charge in [-0.1, -0.05) is 66.7 Å². The monoisotopic (exact) mass is 396 g/mol. The number of nitrogens with zero attached hydrogens (tertiary/aromatic N) is 1. The first-order chi connectivity index (χ1) is 14.6. The zero-order valence-corrected chi connectivity index (χ0v) is 16.2. The fourth-order valence-electron chi connectivity index (χ4n) is 4.44. The van der Waals surface area contributed by atoms with Crippen LogP contribution in [0.2, 0.25) is 0 Å². The van der Waals surface area contributed by atoms with Crippen LogP contribution in [-0.4, -0.2) is 32.9 Å². The summed E-state index contributed by atoms with van der Waals surface area (Å²) in [7, 11) is 0. The van der Waals surface area contributed by atoms with Crippen LogP contribution in [0, 0.1) is 0 Å². The maximum atomic E-state index is 13.6. The van der Waals surface area contributed by atoms with E-state index in [0.29, 0.717) is 5.56 Å². The molecule has 0 saturated heterocycles. The molecule has 4 aromatic rings. The topological polar surface area (TPSA) is 73.4 Å². The average molecular weight is 396 g/mol. The lowest BCUT2D eigenvalue weighted by Crippen LogP contribution is -2.51. The Hall–Kier alpha value is -3.86. The molecule has 148 valence electrons. The minimum atomic E-state index is -1.00. The predicted molar refractivity (Wildman–Crippen MR) is 114 cm³/mol. The molecule has 3 aromatic carbocycles. The van der Waals surface area contributed by atoms with Gasteiger partial charge in [0, 0.05) is 28.6 Å². The van der Waals surface area contributed by atoms with Gasteiger partial charge in [0.1, 0.15) is 6.04 Å². The van der Waals surface area contributed by atoms with Crippen molar-refractivity contribution in [2.24, 2.45) is 0 Å². The summed E-state index contributed by atoms with van der Waals surface area (Å²) < 4.78 is 0. The molecule has 0 radical (unpaired) electrons. The Balaban J connectivity index is 1.76. The molecule has 0 aliphatic carbocycles. The highest BCUT2D eigenvalue weighted by atomic mass is 16.4. The third kappa shape index (κ3) is 2.87. The van der Waals surface area contributed by atoms with Crippen molar-refractivity contribution in [3.8, 4) is 0 Å². The van der Waals surface area contributed by atoms with Crippen LogP contribution in [0.25, 0.3) is 10.9 Å². The third-order valence-corrected chi connectivity index (χ3v) is 5.79. The van der Waals surface area contributed by atoms with Gasteiger partial charge in [0.25, 0.3) is 5.91 Å². The summed E-state index contributed by atoms with van der Waals surface area (Å²) in [6.45, 7) is 0. The molecule has 1 aliphatic rings. The molecular weight excluding hydrogens is 376 g/mol. The van der Waals surface area contributed by atoms with Gasteiger partial charge in [-0.2, -0.15) is 0 Å². The molecule has 2 N–H and O–H groups in total. The minimum Gasteiger partial charge on any atom is -0.480 e. The number of aromatic nitrogens is 1. The number of aromatic amines is 1. The predicted octanol–water partition coefficient (Wildman–Crippen LogP) is 4.41. The van der Waals surface area contributed by atoms with Gasteiger partial charge in [-0.05, 0) is 29.3 Å². The highest BCUT2D eigenvalue weighted by molar-refractivity contribution is 5.98. The van der Waals surface area contributed by atoms with Crippen molar-refractivity contribution in [2.75, 3.05) is 0 Å². The summed E-state index contributed by atoms with van der Waals surface area (Å²) in [5, 5.41) is 11.1. The van der Waals surface area contributed by atoms with E-state index in [0.717, 1.165) is 27.7 Å². The Kier molecular flexibility index (Phi) is 4.36. The molecule has 0 spiro atoms. The van der Waals surface area contributed by atoms with E-state index in [4.69, 9.17) is 0 Å². The molecule has 5 nitrogen and oxygen atoms in total. The van der Waals surface area contributed by atoms with Gasteiger partial charge < -0.3 is 15.0 Å². The lowest BCUT2D eigenvalue weighted by Gasteiger charge is -2.40. The summed E-state index contributed by atoms with van der Waals surface area (Å²) >= 11 is 0. The number of benzene rings is 3. The number of hydrogen-bond acceptors (Lipinski definition) is 2. The van der Waals surface area contributed by atoms with Crippen LogP contribution in [0.4, 0.5) is 0 Å². The maximum Gasteiger partial charge on any atom is 0.326 e. The highest BCUT2D eigenvalue weighted by Crippen LogP contribution is 2.41. The SMILES string of the molecule is O=C(O)C1Cc2c([nH]c3ccccc23)C(c2ccccc2)N1C(=O)c1ccccc1. The first-order valence-electron chi connectivity index (χ1n) is 9.90. The van der Waals surface area contributed by atoms with E-state index in [9.17, 15) is 14.7 Å². The minimum absolute atomic E-state index is 0.261. The van der Waals surface area contributed by atoms with Gasteiger partial charge in [0.15, 0.2) is 0 Å². The van der Waals surface area contributed by atoms with Crippen LogP contribution < -0.4 is 0 Å². The Morgan fingerprint density at radius 2 is 1.50 bits per heavy atom. The van der Waals surface area contributed by atoms with Crippen molar-refractivity contribution < 1.29 is 14.7 Å². The van der Waals surface area contributed by atoms with Crippen LogP contribution in [-0.2, 0) is 11.2 Å². The number of aliphatic carboxylic acids is 1. The smallest absolute Gasteiger partial charge is 0.326 e. The molecule has 0 fully saturated rings. The fraction of sp³-hybridized carbons (Fsp3) is 0.120. The fourth-order valence-corrected chi connectivity index (χ4v) is 4.44. The first kappa shape index (κ1) is 18.2. The summed E-state index contributed by atoms with van der Waals surface area (Å²) in [6.07, 6.45) is 0.261. The van der Waals surface area contributed by atoms with E-state index in [2.05, 4.69) is 4.98 Å². The Labute approximate surface area is 173 Å². The molecule has 0 bridgehead atoms. The number of carbonyl (C=O) groups is 2. The number of nitrogens with one attached hydrogen (secondary N) is 1. The standard InChI is InChI=1S/C25H20N2O3/c28-24(17-11-5-2-6-12-17)27-21(25(29)30)15-19-18-13-7-8-14-20(18)26-22(19)23(27)16-9-3-1-4-10-16/h1-14,21,23,26H,15H2,(H,29,30). The molecule has 2 unspecified atom stereocenters. The molecule has 1 aliphatic heterocycles. The van der Waals surface area contributed by atoms with E-state index in [1.807, 2.05) is 60.7 Å². The van der Waals surface area contributed by atoms with E-state index >= 15 is 0 Å². The van der Waals surface area contributed by atoms with Crippen LogP contribution in [0.5, 0.6) is 0 Å². The van der Waals surface area contributed by atoms with Crippen molar-refractivity contribution in [1.29, 1.82) is 0 Å². The lowest BCUT2D eigenvalue weighted by molar-refractivity contribution is -0.143. The quantitative estimate of drug-likeness (QED) is 0.539. The number of rotatable bonds is 3. The molecule has 0 saturated carbocycles. The van der Waals surface area contributed by atoms with E-state index < -0.39 is 18.1 Å². The number of fused-ring (bicyclic) bond motifs is 3. The number of para-hydroxylation sites is 1. The molecule has 2 heterocycles. The Morgan fingerprint density at radius 1 is 0.867 bits per heavy atom. The summed E-state index contributed by atoms with van der Waals surface area (Å²) in [4.78, 5) is 30.9. The molecule has 30 heavy (non-hydrogen) atoms. The second kappa shape index (κ2) is 7.19. The van der Waals surface area contributed by atoms with Gasteiger partial charge in [-0.15, -0.1) is 0 Å². The maximum absolute atomic E-state index is 13.6.